The van der Waals surface area contributed by atoms with E-state index in [1.165, 1.54) is 18.1 Å². The van der Waals surface area contributed by atoms with Crippen molar-refractivity contribution in [3.63, 3.8) is 0 Å². The Morgan fingerprint density at radius 3 is 2.85 bits per heavy atom. The summed E-state index contributed by atoms with van der Waals surface area (Å²) in [5.41, 5.74) is 10.0. The van der Waals surface area contributed by atoms with Crippen LogP contribution in [0, 0.1) is 0 Å². The summed E-state index contributed by atoms with van der Waals surface area (Å²) < 4.78 is 43.4. The van der Waals surface area contributed by atoms with Gasteiger partial charge in [-0.05, 0) is 62.3 Å². The van der Waals surface area contributed by atoms with E-state index in [1.54, 1.807) is 13.8 Å². The number of sulfonamides is 1. The van der Waals surface area contributed by atoms with Crippen LogP contribution in [0.1, 0.15) is 56.5 Å². The number of rotatable bonds is 9. The van der Waals surface area contributed by atoms with Crippen LogP contribution in [0.5, 0.6) is 0 Å². The number of fused-ring (bicyclic) bond motifs is 2. The Morgan fingerprint density at radius 1 is 1.33 bits per heavy atom. The standard InChI is InChI=1S/C22H29FN6O2S2/c1-4-14-10-15-6-7-17(23)16(15)11-18(14)32-22-27-19-20(24)25-12-26-21(19)29(22)8-5-9-33(30,31)28-13(2)3/h10-13,17,28H,4-9H2,1-3H3,(H2,24,25,26). The quantitative estimate of drug-likeness (QED) is 0.467. The fourth-order valence-corrected chi connectivity index (χ4v) is 6.64. The molecule has 3 aromatic rings. The van der Waals surface area contributed by atoms with Gasteiger partial charge in [0.2, 0.25) is 10.0 Å². The molecule has 0 aliphatic heterocycles. The summed E-state index contributed by atoms with van der Waals surface area (Å²) in [6, 6.07) is 3.88. The lowest BCUT2D eigenvalue weighted by Crippen LogP contribution is -2.32. The van der Waals surface area contributed by atoms with Crippen molar-refractivity contribution in [1.29, 1.82) is 0 Å². The second kappa shape index (κ2) is 9.55. The Morgan fingerprint density at radius 2 is 2.12 bits per heavy atom. The fraction of sp³-hybridized carbons (Fsp3) is 0.500. The van der Waals surface area contributed by atoms with E-state index in [4.69, 9.17) is 5.73 Å². The van der Waals surface area contributed by atoms with Crippen molar-refractivity contribution in [2.24, 2.45) is 0 Å². The van der Waals surface area contributed by atoms with Gasteiger partial charge in [-0.25, -0.2) is 32.5 Å². The molecule has 1 atom stereocenters. The van der Waals surface area contributed by atoms with Crippen molar-refractivity contribution in [3.8, 4) is 0 Å². The van der Waals surface area contributed by atoms with E-state index < -0.39 is 16.2 Å². The minimum atomic E-state index is -3.38. The number of hydrogen-bond donors (Lipinski definition) is 2. The van der Waals surface area contributed by atoms with Crippen molar-refractivity contribution >= 4 is 38.8 Å². The van der Waals surface area contributed by atoms with Crippen molar-refractivity contribution in [2.75, 3.05) is 11.5 Å². The molecule has 8 nitrogen and oxygen atoms in total. The Bertz CT molecular complexity index is 1280. The van der Waals surface area contributed by atoms with Gasteiger partial charge in [-0.3, -0.25) is 0 Å². The molecule has 33 heavy (non-hydrogen) atoms. The predicted molar refractivity (Wildman–Crippen MR) is 129 cm³/mol. The first-order valence-corrected chi connectivity index (χ1v) is 13.6. The van der Waals surface area contributed by atoms with Gasteiger partial charge in [0.15, 0.2) is 22.1 Å². The van der Waals surface area contributed by atoms with Crippen LogP contribution in [0.4, 0.5) is 10.2 Å². The summed E-state index contributed by atoms with van der Waals surface area (Å²) >= 11 is 1.43. The zero-order chi connectivity index (χ0) is 23.8. The van der Waals surface area contributed by atoms with Gasteiger partial charge in [0.1, 0.15) is 12.5 Å². The topological polar surface area (TPSA) is 116 Å². The van der Waals surface area contributed by atoms with Gasteiger partial charge in [0, 0.05) is 17.5 Å². The minimum Gasteiger partial charge on any atom is -0.382 e. The van der Waals surface area contributed by atoms with Gasteiger partial charge >= 0.3 is 0 Å². The molecule has 1 aromatic carbocycles. The zero-order valence-corrected chi connectivity index (χ0v) is 20.6. The van der Waals surface area contributed by atoms with Crippen molar-refractivity contribution in [3.05, 3.63) is 35.2 Å². The molecule has 1 unspecified atom stereocenters. The van der Waals surface area contributed by atoms with Gasteiger partial charge in [0.05, 0.1) is 5.75 Å². The highest BCUT2D eigenvalue weighted by Gasteiger charge is 2.25. The molecule has 0 radical (unpaired) electrons. The minimum absolute atomic E-state index is 0.0158. The number of nitrogens with zero attached hydrogens (tertiary/aromatic N) is 4. The number of nitrogen functional groups attached to an aromatic ring is 1. The number of nitrogens with two attached hydrogens (primary N) is 1. The van der Waals surface area contributed by atoms with E-state index in [0.717, 1.165) is 34.4 Å². The monoisotopic (exact) mass is 492 g/mol. The SMILES string of the molecule is CCc1cc2c(cc1Sc1nc3c(N)ncnc3n1CCCS(=O)(=O)NC(C)C)C(F)CC2. The number of imidazole rings is 1. The summed E-state index contributed by atoms with van der Waals surface area (Å²) in [6.45, 7) is 6.05. The summed E-state index contributed by atoms with van der Waals surface area (Å²) in [6.07, 6.45) is 2.91. The second-order valence-corrected chi connectivity index (χ2v) is 11.4. The number of benzene rings is 1. The molecule has 1 aliphatic rings. The molecule has 3 N–H and O–H groups in total. The third-order valence-electron chi connectivity index (χ3n) is 5.64. The van der Waals surface area contributed by atoms with Crippen molar-refractivity contribution in [2.45, 2.75) is 75.3 Å². The van der Waals surface area contributed by atoms with Crippen LogP contribution in [0.25, 0.3) is 11.2 Å². The molecule has 2 aromatic heterocycles. The number of nitrogens with one attached hydrogen (secondary N) is 1. The van der Waals surface area contributed by atoms with E-state index in [0.29, 0.717) is 35.7 Å². The third kappa shape index (κ3) is 5.15. The highest BCUT2D eigenvalue weighted by molar-refractivity contribution is 7.99. The molecular weight excluding hydrogens is 463 g/mol. The first-order valence-electron chi connectivity index (χ1n) is 11.1. The lowest BCUT2D eigenvalue weighted by Gasteiger charge is -2.13. The normalized spacial score (nSPS) is 16.1. The molecule has 0 spiro atoms. The fourth-order valence-electron chi connectivity index (χ4n) is 4.15. The first-order chi connectivity index (χ1) is 15.7. The third-order valence-corrected chi connectivity index (χ3v) is 8.40. The summed E-state index contributed by atoms with van der Waals surface area (Å²) in [4.78, 5) is 14.0. The van der Waals surface area contributed by atoms with E-state index in [9.17, 15) is 12.8 Å². The Hall–Kier alpha value is -2.24. The van der Waals surface area contributed by atoms with Gasteiger partial charge in [0.25, 0.3) is 0 Å². The number of hydrogen-bond acceptors (Lipinski definition) is 7. The molecule has 0 saturated carbocycles. The number of anilines is 1. The number of aromatic nitrogens is 4. The summed E-state index contributed by atoms with van der Waals surface area (Å²) in [5, 5.41) is 0.634. The van der Waals surface area contributed by atoms with Crippen molar-refractivity contribution in [1.82, 2.24) is 24.2 Å². The Kier molecular flexibility index (Phi) is 6.92. The number of alkyl halides is 1. The molecule has 178 valence electrons. The first kappa shape index (κ1) is 23.9. The maximum atomic E-state index is 14.4. The van der Waals surface area contributed by atoms with Gasteiger partial charge in [-0.2, -0.15) is 0 Å². The van der Waals surface area contributed by atoms with E-state index in [1.807, 2.05) is 10.6 Å². The highest BCUT2D eigenvalue weighted by Crippen LogP contribution is 2.41. The summed E-state index contributed by atoms with van der Waals surface area (Å²) in [5.74, 6) is 0.251. The molecule has 4 rings (SSSR count). The molecule has 1 aliphatic carbocycles. The second-order valence-electron chi connectivity index (χ2n) is 8.54. The molecule has 0 amide bonds. The van der Waals surface area contributed by atoms with Gasteiger partial charge in [-0.1, -0.05) is 24.8 Å². The predicted octanol–water partition coefficient (Wildman–Crippen LogP) is 3.80. The van der Waals surface area contributed by atoms with E-state index in [-0.39, 0.29) is 17.6 Å². The Balaban J connectivity index is 1.67. The smallest absolute Gasteiger partial charge is 0.211 e. The molecule has 0 bridgehead atoms. The van der Waals surface area contributed by atoms with Crippen LogP contribution in [0.15, 0.2) is 28.5 Å². The van der Waals surface area contributed by atoms with Gasteiger partial charge < -0.3 is 10.3 Å². The van der Waals surface area contributed by atoms with E-state index in [2.05, 4.69) is 32.7 Å². The van der Waals surface area contributed by atoms with Crippen LogP contribution in [0.3, 0.4) is 0 Å². The van der Waals surface area contributed by atoms with Crippen LogP contribution < -0.4 is 10.5 Å². The average molecular weight is 493 g/mol. The number of halogens is 1. The maximum absolute atomic E-state index is 14.4. The van der Waals surface area contributed by atoms with Gasteiger partial charge in [-0.15, -0.1) is 0 Å². The van der Waals surface area contributed by atoms with Crippen LogP contribution in [-0.2, 0) is 29.4 Å². The largest absolute Gasteiger partial charge is 0.382 e. The van der Waals surface area contributed by atoms with Crippen LogP contribution in [-0.4, -0.2) is 39.7 Å². The molecule has 11 heteroatoms. The van der Waals surface area contributed by atoms with Crippen LogP contribution in [0.2, 0.25) is 0 Å². The average Bonchev–Trinajstić information content (AvgIpc) is 3.28. The lowest BCUT2D eigenvalue weighted by molar-refractivity contribution is 0.343. The number of aryl methyl sites for hydroxylation is 3. The maximum Gasteiger partial charge on any atom is 0.211 e. The van der Waals surface area contributed by atoms with Crippen molar-refractivity contribution < 1.29 is 12.8 Å². The van der Waals surface area contributed by atoms with E-state index >= 15 is 0 Å². The molecule has 0 fully saturated rings. The lowest BCUT2D eigenvalue weighted by atomic mass is 10.0. The highest BCUT2D eigenvalue weighted by atomic mass is 32.2. The molecule has 2 heterocycles. The Labute approximate surface area is 197 Å². The molecular formula is C22H29FN6O2S2. The summed E-state index contributed by atoms with van der Waals surface area (Å²) in [7, 11) is -3.38. The zero-order valence-electron chi connectivity index (χ0n) is 19.0. The van der Waals surface area contributed by atoms with Crippen LogP contribution >= 0.6 is 11.8 Å². The molecule has 0 saturated heterocycles.